The summed E-state index contributed by atoms with van der Waals surface area (Å²) in [5, 5.41) is 5.94. The van der Waals surface area contributed by atoms with E-state index in [1.54, 1.807) is 6.92 Å². The predicted octanol–water partition coefficient (Wildman–Crippen LogP) is 1.14. The third-order valence-electron chi connectivity index (χ3n) is 1.05. The summed E-state index contributed by atoms with van der Waals surface area (Å²) in [6, 6.07) is -0.0865. The van der Waals surface area contributed by atoms with Crippen LogP contribution in [0.25, 0.3) is 0 Å². The van der Waals surface area contributed by atoms with E-state index in [4.69, 9.17) is 0 Å². The molecule has 54 valence electrons. The number of rotatable bonds is 5. The average molecular weight is 130 g/mol. The minimum Gasteiger partial charge on any atom is -0.314 e. The van der Waals surface area contributed by atoms with E-state index in [1.807, 2.05) is 0 Å². The molecule has 0 aliphatic carbocycles. The van der Waals surface area contributed by atoms with Gasteiger partial charge in [0.05, 0.1) is 0 Å². The molecule has 3 nitrogen and oxygen atoms in total. The van der Waals surface area contributed by atoms with Crippen LogP contribution < -0.4 is 5.32 Å². The third-order valence-corrected chi connectivity index (χ3v) is 1.05. The lowest BCUT2D eigenvalue weighted by atomic mass is 10.3. The molecule has 0 saturated heterocycles. The van der Waals surface area contributed by atoms with Gasteiger partial charge >= 0.3 is 0 Å². The van der Waals surface area contributed by atoms with Gasteiger partial charge in [-0.25, -0.2) is 0 Å². The first-order chi connectivity index (χ1) is 4.31. The van der Waals surface area contributed by atoms with E-state index in [-0.39, 0.29) is 6.04 Å². The van der Waals surface area contributed by atoms with Crippen LogP contribution in [0.5, 0.6) is 0 Å². The van der Waals surface area contributed by atoms with Gasteiger partial charge in [-0.05, 0) is 19.9 Å². The Labute approximate surface area is 55.8 Å². The van der Waals surface area contributed by atoms with Crippen LogP contribution in [0.2, 0.25) is 0 Å². The average Bonchev–Trinajstić information content (AvgIpc) is 1.89. The fourth-order valence-electron chi connectivity index (χ4n) is 0.525. The van der Waals surface area contributed by atoms with Gasteiger partial charge in [0.25, 0.3) is 0 Å². The second-order valence-corrected chi connectivity index (χ2v) is 2.16. The largest absolute Gasteiger partial charge is 0.314 e. The molecule has 0 aliphatic heterocycles. The van der Waals surface area contributed by atoms with Gasteiger partial charge in [-0.2, -0.15) is 4.91 Å². The van der Waals surface area contributed by atoms with Crippen LogP contribution in [0.15, 0.2) is 5.18 Å². The van der Waals surface area contributed by atoms with Crippen molar-refractivity contribution in [3.8, 4) is 0 Å². The molecule has 0 aromatic rings. The number of nitrogens with zero attached hydrogens (tertiary/aromatic N) is 1. The molecule has 0 aromatic heterocycles. The van der Waals surface area contributed by atoms with Gasteiger partial charge in [-0.1, -0.05) is 12.1 Å². The van der Waals surface area contributed by atoms with E-state index in [9.17, 15) is 4.91 Å². The SMILES string of the molecule is CCCNCC(C)N=O. The van der Waals surface area contributed by atoms with Crippen LogP contribution >= 0.6 is 0 Å². The number of hydrogen-bond acceptors (Lipinski definition) is 3. The molecule has 9 heavy (non-hydrogen) atoms. The van der Waals surface area contributed by atoms with Crippen molar-refractivity contribution in [2.24, 2.45) is 5.18 Å². The number of hydrogen-bond donors (Lipinski definition) is 1. The molecular formula is C6H14N2O. The van der Waals surface area contributed by atoms with Crippen molar-refractivity contribution < 1.29 is 0 Å². The lowest BCUT2D eigenvalue weighted by molar-refractivity contribution is 0.602. The summed E-state index contributed by atoms with van der Waals surface area (Å²) in [4.78, 5) is 9.81. The Morgan fingerprint density at radius 2 is 2.33 bits per heavy atom. The Kier molecular flexibility index (Phi) is 5.41. The number of nitrogens with one attached hydrogen (secondary N) is 1. The second-order valence-electron chi connectivity index (χ2n) is 2.16. The summed E-state index contributed by atoms with van der Waals surface area (Å²) in [6.07, 6.45) is 1.10. The van der Waals surface area contributed by atoms with Crippen LogP contribution in [0.4, 0.5) is 0 Å². The van der Waals surface area contributed by atoms with Gasteiger partial charge < -0.3 is 5.32 Å². The van der Waals surface area contributed by atoms with Gasteiger partial charge in [-0.15, -0.1) is 0 Å². The van der Waals surface area contributed by atoms with E-state index in [2.05, 4.69) is 17.4 Å². The molecular weight excluding hydrogens is 116 g/mol. The van der Waals surface area contributed by atoms with Gasteiger partial charge in [0.15, 0.2) is 0 Å². The van der Waals surface area contributed by atoms with Crippen molar-refractivity contribution in [3.63, 3.8) is 0 Å². The lowest BCUT2D eigenvalue weighted by Crippen LogP contribution is -2.23. The zero-order valence-corrected chi connectivity index (χ0v) is 6.05. The van der Waals surface area contributed by atoms with Gasteiger partial charge in [0, 0.05) is 6.54 Å². The maximum absolute atomic E-state index is 9.81. The first-order valence-corrected chi connectivity index (χ1v) is 3.34. The molecule has 0 bridgehead atoms. The maximum atomic E-state index is 9.81. The van der Waals surface area contributed by atoms with Crippen molar-refractivity contribution in [2.45, 2.75) is 26.3 Å². The van der Waals surface area contributed by atoms with Crippen LogP contribution in [0.1, 0.15) is 20.3 Å². The highest BCUT2D eigenvalue weighted by Crippen LogP contribution is 1.83. The molecule has 0 spiro atoms. The lowest BCUT2D eigenvalue weighted by Gasteiger charge is -2.02. The standard InChI is InChI=1S/C6H14N2O/c1-3-4-7-5-6(2)8-9/h6-7H,3-5H2,1-2H3. The fourth-order valence-corrected chi connectivity index (χ4v) is 0.525. The second kappa shape index (κ2) is 5.69. The monoisotopic (exact) mass is 130 g/mol. The van der Waals surface area contributed by atoms with E-state index in [0.717, 1.165) is 13.0 Å². The Bertz CT molecular complexity index is 75.5. The molecule has 0 fully saturated rings. The van der Waals surface area contributed by atoms with Crippen molar-refractivity contribution in [3.05, 3.63) is 4.91 Å². The Morgan fingerprint density at radius 1 is 1.67 bits per heavy atom. The number of nitroso groups, excluding NO2 is 1. The van der Waals surface area contributed by atoms with Gasteiger partial charge in [-0.3, -0.25) is 0 Å². The highest BCUT2D eigenvalue weighted by Gasteiger charge is 1.96. The first kappa shape index (κ1) is 8.56. The highest BCUT2D eigenvalue weighted by molar-refractivity contribution is 4.60. The Hall–Kier alpha value is -0.440. The van der Waals surface area contributed by atoms with Crippen LogP contribution in [-0.2, 0) is 0 Å². The topological polar surface area (TPSA) is 41.5 Å². The Morgan fingerprint density at radius 3 is 2.78 bits per heavy atom. The summed E-state index contributed by atoms with van der Waals surface area (Å²) < 4.78 is 0. The smallest absolute Gasteiger partial charge is 0.102 e. The molecule has 0 aliphatic rings. The maximum Gasteiger partial charge on any atom is 0.102 e. The van der Waals surface area contributed by atoms with Crippen LogP contribution in [-0.4, -0.2) is 19.1 Å². The molecule has 0 rings (SSSR count). The quantitative estimate of drug-likeness (QED) is 0.448. The first-order valence-electron chi connectivity index (χ1n) is 3.34. The van der Waals surface area contributed by atoms with E-state index in [1.165, 1.54) is 0 Å². The summed E-state index contributed by atoms with van der Waals surface area (Å²) in [5.41, 5.74) is 0. The zero-order valence-electron chi connectivity index (χ0n) is 6.05. The van der Waals surface area contributed by atoms with E-state index >= 15 is 0 Å². The van der Waals surface area contributed by atoms with Crippen molar-refractivity contribution in [1.82, 2.24) is 5.32 Å². The minimum atomic E-state index is -0.0865. The van der Waals surface area contributed by atoms with Gasteiger partial charge in [0.2, 0.25) is 0 Å². The molecule has 1 N–H and O–H groups in total. The third kappa shape index (κ3) is 5.43. The van der Waals surface area contributed by atoms with Crippen molar-refractivity contribution in [2.75, 3.05) is 13.1 Å². The van der Waals surface area contributed by atoms with E-state index < -0.39 is 0 Å². The van der Waals surface area contributed by atoms with Crippen LogP contribution in [0.3, 0.4) is 0 Å². The summed E-state index contributed by atoms with van der Waals surface area (Å²) >= 11 is 0. The van der Waals surface area contributed by atoms with Crippen molar-refractivity contribution in [1.29, 1.82) is 0 Å². The predicted molar refractivity (Wildman–Crippen MR) is 38.4 cm³/mol. The molecule has 1 atom stereocenters. The molecule has 0 saturated carbocycles. The molecule has 0 heterocycles. The summed E-state index contributed by atoms with van der Waals surface area (Å²) in [5.74, 6) is 0. The molecule has 3 heteroatoms. The summed E-state index contributed by atoms with van der Waals surface area (Å²) in [7, 11) is 0. The zero-order chi connectivity index (χ0) is 7.11. The van der Waals surface area contributed by atoms with Gasteiger partial charge in [0.1, 0.15) is 6.04 Å². The summed E-state index contributed by atoms with van der Waals surface area (Å²) in [6.45, 7) is 5.57. The molecule has 1 unspecified atom stereocenters. The molecule has 0 aromatic carbocycles. The Balaban J connectivity index is 2.96. The normalized spacial score (nSPS) is 13.1. The van der Waals surface area contributed by atoms with Crippen LogP contribution in [0, 0.1) is 4.91 Å². The molecule has 0 amide bonds. The van der Waals surface area contributed by atoms with Crippen molar-refractivity contribution >= 4 is 0 Å². The minimum absolute atomic E-state index is 0.0865. The fraction of sp³-hybridized carbons (Fsp3) is 1.00. The van der Waals surface area contributed by atoms with E-state index in [0.29, 0.717) is 6.54 Å². The highest BCUT2D eigenvalue weighted by atomic mass is 16.3. The molecule has 0 radical (unpaired) electrons.